The van der Waals surface area contributed by atoms with Crippen LogP contribution in [0.2, 0.25) is 0 Å². The largest absolute Gasteiger partial charge is 0.497 e. The molecule has 0 amide bonds. The van der Waals surface area contributed by atoms with Crippen LogP contribution in [0.3, 0.4) is 0 Å². The number of rotatable bonds is 6. The summed E-state index contributed by atoms with van der Waals surface area (Å²) in [5, 5.41) is 3.12. The predicted molar refractivity (Wildman–Crippen MR) is 74.3 cm³/mol. The highest BCUT2D eigenvalue weighted by atomic mass is 16.5. The monoisotopic (exact) mass is 258 g/mol. The highest BCUT2D eigenvalue weighted by Gasteiger charge is 2.06. The summed E-state index contributed by atoms with van der Waals surface area (Å²) in [6.07, 6.45) is 1.76. The van der Waals surface area contributed by atoms with Crippen LogP contribution in [0.25, 0.3) is 0 Å². The molecule has 0 radical (unpaired) electrons. The van der Waals surface area contributed by atoms with Crippen LogP contribution >= 0.6 is 0 Å². The van der Waals surface area contributed by atoms with Crippen molar-refractivity contribution in [1.82, 2.24) is 10.3 Å². The summed E-state index contributed by atoms with van der Waals surface area (Å²) in [6, 6.07) is 11.6. The van der Waals surface area contributed by atoms with Crippen LogP contribution in [-0.4, -0.2) is 19.1 Å². The van der Waals surface area contributed by atoms with Crippen LogP contribution in [0.4, 0.5) is 0 Å². The molecule has 19 heavy (non-hydrogen) atoms. The van der Waals surface area contributed by atoms with Gasteiger partial charge >= 0.3 is 0 Å². The maximum absolute atomic E-state index is 5.84. The van der Waals surface area contributed by atoms with Gasteiger partial charge in [-0.05, 0) is 25.2 Å². The molecule has 0 unspecified atom stereocenters. The Balaban J connectivity index is 2.12. The third-order valence-corrected chi connectivity index (χ3v) is 2.74. The second kappa shape index (κ2) is 6.75. The van der Waals surface area contributed by atoms with Crippen molar-refractivity contribution in [3.05, 3.63) is 53.9 Å². The molecule has 1 heterocycles. The maximum Gasteiger partial charge on any atom is 0.130 e. The Hall–Kier alpha value is -2.07. The fourth-order valence-corrected chi connectivity index (χ4v) is 1.77. The van der Waals surface area contributed by atoms with E-state index in [0.717, 1.165) is 29.3 Å². The molecule has 1 aromatic carbocycles. The summed E-state index contributed by atoms with van der Waals surface area (Å²) >= 11 is 0. The van der Waals surface area contributed by atoms with E-state index in [1.807, 2.05) is 43.4 Å². The Morgan fingerprint density at radius 3 is 2.79 bits per heavy atom. The fourth-order valence-electron chi connectivity index (χ4n) is 1.77. The van der Waals surface area contributed by atoms with E-state index in [4.69, 9.17) is 9.47 Å². The van der Waals surface area contributed by atoms with E-state index in [0.29, 0.717) is 6.61 Å². The zero-order valence-electron chi connectivity index (χ0n) is 11.2. The molecular formula is C15H18N2O2. The van der Waals surface area contributed by atoms with E-state index in [2.05, 4.69) is 10.3 Å². The second-order valence-corrected chi connectivity index (χ2v) is 4.11. The number of methoxy groups -OCH3 is 1. The van der Waals surface area contributed by atoms with Gasteiger partial charge in [0.15, 0.2) is 0 Å². The second-order valence-electron chi connectivity index (χ2n) is 4.11. The number of pyridine rings is 1. The van der Waals surface area contributed by atoms with Crippen molar-refractivity contribution < 1.29 is 9.47 Å². The van der Waals surface area contributed by atoms with Crippen molar-refractivity contribution in [3.8, 4) is 11.5 Å². The van der Waals surface area contributed by atoms with E-state index in [-0.39, 0.29) is 0 Å². The van der Waals surface area contributed by atoms with E-state index >= 15 is 0 Å². The first-order chi connectivity index (χ1) is 9.33. The van der Waals surface area contributed by atoms with Gasteiger partial charge < -0.3 is 14.8 Å². The Bertz CT molecular complexity index is 515. The molecule has 0 aliphatic heterocycles. The lowest BCUT2D eigenvalue weighted by atomic mass is 10.2. The van der Waals surface area contributed by atoms with Crippen LogP contribution in [-0.2, 0) is 13.2 Å². The van der Waals surface area contributed by atoms with Gasteiger partial charge in [-0.3, -0.25) is 4.98 Å². The van der Waals surface area contributed by atoms with E-state index < -0.39 is 0 Å². The smallest absolute Gasteiger partial charge is 0.130 e. The minimum absolute atomic E-state index is 0.449. The van der Waals surface area contributed by atoms with E-state index in [1.165, 1.54) is 0 Å². The van der Waals surface area contributed by atoms with Crippen LogP contribution in [0.1, 0.15) is 11.3 Å². The Kier molecular flexibility index (Phi) is 4.75. The van der Waals surface area contributed by atoms with Gasteiger partial charge in [0.1, 0.15) is 18.1 Å². The van der Waals surface area contributed by atoms with Gasteiger partial charge in [0.2, 0.25) is 0 Å². The average molecular weight is 258 g/mol. The highest BCUT2D eigenvalue weighted by Crippen LogP contribution is 2.25. The number of aromatic nitrogens is 1. The molecule has 100 valence electrons. The lowest BCUT2D eigenvalue weighted by Crippen LogP contribution is -2.08. The highest BCUT2D eigenvalue weighted by molar-refractivity contribution is 5.40. The van der Waals surface area contributed by atoms with Gasteiger partial charge in [-0.15, -0.1) is 0 Å². The first-order valence-electron chi connectivity index (χ1n) is 6.17. The molecule has 2 rings (SSSR count). The number of hydrogen-bond donors (Lipinski definition) is 1. The predicted octanol–water partition coefficient (Wildman–Crippen LogP) is 2.39. The lowest BCUT2D eigenvalue weighted by molar-refractivity contribution is 0.295. The molecule has 0 saturated heterocycles. The van der Waals surface area contributed by atoms with Gasteiger partial charge in [0.05, 0.1) is 12.8 Å². The third kappa shape index (κ3) is 3.69. The van der Waals surface area contributed by atoms with Gasteiger partial charge in [-0.1, -0.05) is 12.1 Å². The summed E-state index contributed by atoms with van der Waals surface area (Å²) < 4.78 is 11.1. The molecular weight excluding hydrogens is 240 g/mol. The van der Waals surface area contributed by atoms with Crippen molar-refractivity contribution >= 4 is 0 Å². The number of ether oxygens (including phenoxy) is 2. The molecule has 0 atom stereocenters. The summed E-state index contributed by atoms with van der Waals surface area (Å²) in [5.74, 6) is 1.61. The van der Waals surface area contributed by atoms with Gasteiger partial charge in [-0.2, -0.15) is 0 Å². The molecule has 1 N–H and O–H groups in total. The Morgan fingerprint density at radius 1 is 1.21 bits per heavy atom. The van der Waals surface area contributed by atoms with Crippen molar-refractivity contribution in [1.29, 1.82) is 0 Å². The molecule has 0 aliphatic carbocycles. The molecule has 0 aliphatic rings. The summed E-state index contributed by atoms with van der Waals surface area (Å²) in [5.41, 5.74) is 2.00. The van der Waals surface area contributed by atoms with E-state index in [1.54, 1.807) is 13.3 Å². The van der Waals surface area contributed by atoms with Crippen molar-refractivity contribution in [3.63, 3.8) is 0 Å². The molecule has 0 fully saturated rings. The summed E-state index contributed by atoms with van der Waals surface area (Å²) in [7, 11) is 3.56. The summed E-state index contributed by atoms with van der Waals surface area (Å²) in [6.45, 7) is 1.20. The maximum atomic E-state index is 5.84. The first-order valence-corrected chi connectivity index (χ1v) is 6.17. The zero-order valence-corrected chi connectivity index (χ0v) is 11.2. The number of benzene rings is 1. The van der Waals surface area contributed by atoms with Gasteiger partial charge in [0.25, 0.3) is 0 Å². The normalized spacial score (nSPS) is 10.2. The van der Waals surface area contributed by atoms with Crippen molar-refractivity contribution in [2.75, 3.05) is 14.2 Å². The topological polar surface area (TPSA) is 43.4 Å². The molecule has 2 aromatic rings. The van der Waals surface area contributed by atoms with Gasteiger partial charge in [0, 0.05) is 24.4 Å². The molecule has 4 nitrogen and oxygen atoms in total. The zero-order chi connectivity index (χ0) is 13.5. The van der Waals surface area contributed by atoms with Crippen LogP contribution in [0.5, 0.6) is 11.5 Å². The standard InChI is InChI=1S/C15H18N2O2/c1-16-10-12-6-7-14(18-2)9-15(12)19-11-13-5-3-4-8-17-13/h3-9,16H,10-11H2,1-2H3. The SMILES string of the molecule is CNCc1ccc(OC)cc1OCc1ccccn1. The molecule has 4 heteroatoms. The average Bonchev–Trinajstić information content (AvgIpc) is 2.47. The summed E-state index contributed by atoms with van der Waals surface area (Å²) in [4.78, 5) is 4.24. The number of nitrogens with one attached hydrogen (secondary N) is 1. The molecule has 0 spiro atoms. The minimum Gasteiger partial charge on any atom is -0.497 e. The van der Waals surface area contributed by atoms with E-state index in [9.17, 15) is 0 Å². The van der Waals surface area contributed by atoms with Crippen LogP contribution < -0.4 is 14.8 Å². The Labute approximate surface area is 113 Å². The van der Waals surface area contributed by atoms with Crippen molar-refractivity contribution in [2.24, 2.45) is 0 Å². The molecule has 1 aromatic heterocycles. The van der Waals surface area contributed by atoms with Crippen molar-refractivity contribution in [2.45, 2.75) is 13.2 Å². The minimum atomic E-state index is 0.449. The number of hydrogen-bond acceptors (Lipinski definition) is 4. The fraction of sp³-hybridized carbons (Fsp3) is 0.267. The number of nitrogens with zero attached hydrogens (tertiary/aromatic N) is 1. The molecule has 0 saturated carbocycles. The quantitative estimate of drug-likeness (QED) is 0.864. The Morgan fingerprint density at radius 2 is 2.11 bits per heavy atom. The first kappa shape index (κ1) is 13.4. The molecule has 0 bridgehead atoms. The lowest BCUT2D eigenvalue weighted by Gasteiger charge is -2.12. The third-order valence-electron chi connectivity index (χ3n) is 2.74. The van der Waals surface area contributed by atoms with Crippen LogP contribution in [0.15, 0.2) is 42.6 Å². The van der Waals surface area contributed by atoms with Crippen LogP contribution in [0, 0.1) is 0 Å². The van der Waals surface area contributed by atoms with Gasteiger partial charge in [-0.25, -0.2) is 0 Å².